The Labute approximate surface area is 205 Å². The van der Waals surface area contributed by atoms with E-state index < -0.39 is 11.9 Å². The van der Waals surface area contributed by atoms with E-state index in [0.29, 0.717) is 56.4 Å². The lowest BCUT2D eigenvalue weighted by Crippen LogP contribution is -2.45. The van der Waals surface area contributed by atoms with Crippen LogP contribution in [0.25, 0.3) is 0 Å². The Hall–Kier alpha value is -3.11. The highest BCUT2D eigenvalue weighted by Gasteiger charge is 2.47. The summed E-state index contributed by atoms with van der Waals surface area (Å²) in [5.74, 6) is -0.0877. The third-order valence-electron chi connectivity index (χ3n) is 6.87. The van der Waals surface area contributed by atoms with Crippen LogP contribution in [0.5, 0.6) is 11.5 Å². The molecule has 10 heteroatoms. The molecule has 4 rings (SSSR count). The Kier molecular flexibility index (Phi) is 8.25. The van der Waals surface area contributed by atoms with Gasteiger partial charge in [0.1, 0.15) is 6.26 Å². The third kappa shape index (κ3) is 5.76. The predicted octanol–water partition coefficient (Wildman–Crippen LogP) is 2.09. The summed E-state index contributed by atoms with van der Waals surface area (Å²) in [6.45, 7) is 4.35. The summed E-state index contributed by atoms with van der Waals surface area (Å²) in [6.07, 6.45) is 5.96. The molecule has 1 saturated heterocycles. The van der Waals surface area contributed by atoms with Crippen LogP contribution >= 0.6 is 0 Å². The summed E-state index contributed by atoms with van der Waals surface area (Å²) in [5, 5.41) is 10.3. The van der Waals surface area contributed by atoms with Crippen LogP contribution in [-0.4, -0.2) is 77.3 Å². The van der Waals surface area contributed by atoms with Crippen LogP contribution in [0, 0.1) is 5.92 Å². The zero-order chi connectivity index (χ0) is 24.8. The second-order valence-electron chi connectivity index (χ2n) is 9.07. The van der Waals surface area contributed by atoms with Gasteiger partial charge < -0.3 is 29.6 Å². The van der Waals surface area contributed by atoms with Crippen LogP contribution in [-0.2, 0) is 16.0 Å². The van der Waals surface area contributed by atoms with E-state index in [0.717, 1.165) is 18.4 Å². The molecule has 35 heavy (non-hydrogen) atoms. The maximum Gasteiger partial charge on any atom is 0.308 e. The standard InChI is InChI=1S/C25H34N4O6/c1-2-3-10-28(11-8-26)23(30)15-29-14-18(17-4-6-20-21(13-17)35-16-34-20)24(25(31)32)19(29)5-7-22-27-9-12-33-22/h4,6,9,12-13,18-19,24H,2-3,5,7-8,10-11,14-16,26H2,1H3,(H,31,32)/t18-,19+,24-/m1/s1. The van der Waals surface area contributed by atoms with Crippen molar-refractivity contribution >= 4 is 11.9 Å². The number of aromatic nitrogens is 1. The minimum absolute atomic E-state index is 0.0273. The SMILES string of the molecule is CCCCN(CCN)C(=O)CN1C[C@H](c2ccc3c(c2)OCO3)[C@@H](C(=O)O)[C@@H]1CCc1ncco1. The van der Waals surface area contributed by atoms with E-state index in [2.05, 4.69) is 11.9 Å². The van der Waals surface area contributed by atoms with Gasteiger partial charge in [-0.15, -0.1) is 0 Å². The molecule has 1 aromatic heterocycles. The number of carbonyl (C=O) groups is 2. The van der Waals surface area contributed by atoms with E-state index in [4.69, 9.17) is 19.6 Å². The molecule has 3 N–H and O–H groups in total. The molecule has 0 unspecified atom stereocenters. The monoisotopic (exact) mass is 486 g/mol. The number of carboxylic acids is 1. The van der Waals surface area contributed by atoms with Crippen molar-refractivity contribution in [2.45, 2.75) is 44.6 Å². The van der Waals surface area contributed by atoms with Gasteiger partial charge in [0.05, 0.1) is 18.7 Å². The number of benzene rings is 1. The number of hydrogen-bond acceptors (Lipinski definition) is 8. The summed E-state index contributed by atoms with van der Waals surface area (Å²) in [5.41, 5.74) is 6.62. The molecule has 190 valence electrons. The summed E-state index contributed by atoms with van der Waals surface area (Å²) >= 11 is 0. The summed E-state index contributed by atoms with van der Waals surface area (Å²) < 4.78 is 16.3. The van der Waals surface area contributed by atoms with Gasteiger partial charge in [0.2, 0.25) is 12.7 Å². The molecule has 1 amide bonds. The summed E-state index contributed by atoms with van der Waals surface area (Å²) in [7, 11) is 0. The lowest BCUT2D eigenvalue weighted by Gasteiger charge is -2.29. The molecule has 2 aliphatic rings. The number of unbranched alkanes of at least 4 members (excludes halogenated alkanes) is 1. The normalized spacial score (nSPS) is 21.4. The Morgan fingerprint density at radius 2 is 2.09 bits per heavy atom. The number of aryl methyl sites for hydroxylation is 1. The van der Waals surface area contributed by atoms with E-state index >= 15 is 0 Å². The molecule has 0 aliphatic carbocycles. The number of aliphatic carboxylic acids is 1. The fourth-order valence-corrected chi connectivity index (χ4v) is 5.12. The molecule has 0 radical (unpaired) electrons. The number of hydrogen-bond donors (Lipinski definition) is 2. The number of ether oxygens (including phenoxy) is 2. The number of nitrogens with two attached hydrogens (primary N) is 1. The fourth-order valence-electron chi connectivity index (χ4n) is 5.12. The van der Waals surface area contributed by atoms with Crippen molar-refractivity contribution < 1.29 is 28.6 Å². The number of rotatable bonds is 12. The van der Waals surface area contributed by atoms with Crippen LogP contribution in [0.3, 0.4) is 0 Å². The van der Waals surface area contributed by atoms with Gasteiger partial charge in [0, 0.05) is 44.6 Å². The predicted molar refractivity (Wildman–Crippen MR) is 127 cm³/mol. The Morgan fingerprint density at radius 1 is 1.26 bits per heavy atom. The highest BCUT2D eigenvalue weighted by atomic mass is 16.7. The van der Waals surface area contributed by atoms with Gasteiger partial charge in [-0.25, -0.2) is 4.98 Å². The molecule has 1 aromatic carbocycles. The number of carboxylic acid groups (broad SMARTS) is 1. The Morgan fingerprint density at radius 3 is 2.80 bits per heavy atom. The quantitative estimate of drug-likeness (QED) is 0.463. The second-order valence-corrected chi connectivity index (χ2v) is 9.07. The van der Waals surface area contributed by atoms with E-state index in [1.807, 2.05) is 23.1 Å². The van der Waals surface area contributed by atoms with Gasteiger partial charge >= 0.3 is 5.97 Å². The van der Waals surface area contributed by atoms with Crippen LogP contribution in [0.15, 0.2) is 35.1 Å². The molecule has 2 aromatic rings. The van der Waals surface area contributed by atoms with E-state index in [1.165, 1.54) is 6.26 Å². The topological polar surface area (TPSA) is 131 Å². The van der Waals surface area contributed by atoms with E-state index in [9.17, 15) is 14.7 Å². The van der Waals surface area contributed by atoms with Crippen molar-refractivity contribution in [2.24, 2.45) is 11.7 Å². The van der Waals surface area contributed by atoms with Gasteiger partial charge in [-0.05, 0) is 30.5 Å². The van der Waals surface area contributed by atoms with E-state index in [1.54, 1.807) is 11.1 Å². The first-order valence-corrected chi connectivity index (χ1v) is 12.2. The zero-order valence-electron chi connectivity index (χ0n) is 20.1. The van der Waals surface area contributed by atoms with Gasteiger partial charge in [-0.2, -0.15) is 0 Å². The summed E-state index contributed by atoms with van der Waals surface area (Å²) in [4.78, 5) is 33.8. The number of fused-ring (bicyclic) bond motifs is 1. The number of nitrogens with zero attached hydrogens (tertiary/aromatic N) is 3. The first-order chi connectivity index (χ1) is 17.0. The van der Waals surface area contributed by atoms with E-state index in [-0.39, 0.29) is 31.2 Å². The molecule has 10 nitrogen and oxygen atoms in total. The minimum Gasteiger partial charge on any atom is -0.481 e. The van der Waals surface area contributed by atoms with Crippen LogP contribution in [0.1, 0.15) is 43.6 Å². The molecule has 3 atom stereocenters. The number of carbonyl (C=O) groups excluding carboxylic acids is 1. The maximum atomic E-state index is 13.3. The molecular weight excluding hydrogens is 452 g/mol. The van der Waals surface area contributed by atoms with Gasteiger partial charge in [0.25, 0.3) is 0 Å². The van der Waals surface area contributed by atoms with Gasteiger partial charge in [-0.1, -0.05) is 19.4 Å². The van der Waals surface area contributed by atoms with Crippen molar-refractivity contribution in [3.05, 3.63) is 42.1 Å². The average Bonchev–Trinajstić information content (AvgIpc) is 3.59. The highest BCUT2D eigenvalue weighted by Crippen LogP contribution is 2.43. The maximum absolute atomic E-state index is 13.3. The largest absolute Gasteiger partial charge is 0.481 e. The first-order valence-electron chi connectivity index (χ1n) is 12.2. The highest BCUT2D eigenvalue weighted by molar-refractivity contribution is 5.79. The second kappa shape index (κ2) is 11.5. The lowest BCUT2D eigenvalue weighted by molar-refractivity contribution is -0.143. The molecule has 0 bridgehead atoms. The van der Waals surface area contributed by atoms with Crippen molar-refractivity contribution in [1.82, 2.24) is 14.8 Å². The molecule has 1 fully saturated rings. The molecule has 0 saturated carbocycles. The molecular formula is C25H34N4O6. The van der Waals surface area contributed by atoms with Gasteiger partial charge in [0.15, 0.2) is 17.4 Å². The minimum atomic E-state index is -0.884. The molecule has 3 heterocycles. The van der Waals surface area contributed by atoms with Crippen LogP contribution < -0.4 is 15.2 Å². The fraction of sp³-hybridized carbons (Fsp3) is 0.560. The molecule has 0 spiro atoms. The van der Waals surface area contributed by atoms with Gasteiger partial charge in [-0.3, -0.25) is 14.5 Å². The lowest BCUT2D eigenvalue weighted by atomic mass is 9.83. The van der Waals surface area contributed by atoms with Crippen molar-refractivity contribution in [3.8, 4) is 11.5 Å². The van der Waals surface area contributed by atoms with Crippen LogP contribution in [0.4, 0.5) is 0 Å². The number of likely N-dealkylation sites (tertiary alicyclic amines) is 1. The zero-order valence-corrected chi connectivity index (χ0v) is 20.1. The molecule has 2 aliphatic heterocycles. The van der Waals surface area contributed by atoms with Crippen molar-refractivity contribution in [1.29, 1.82) is 0 Å². The Bertz CT molecular complexity index is 998. The van der Waals surface area contributed by atoms with Crippen molar-refractivity contribution in [3.63, 3.8) is 0 Å². The summed E-state index contributed by atoms with van der Waals surface area (Å²) in [6, 6.07) is 5.22. The number of amides is 1. The van der Waals surface area contributed by atoms with Crippen LogP contribution in [0.2, 0.25) is 0 Å². The first kappa shape index (κ1) is 25.0. The average molecular weight is 487 g/mol. The van der Waals surface area contributed by atoms with Crippen molar-refractivity contribution in [2.75, 3.05) is 39.5 Å². The smallest absolute Gasteiger partial charge is 0.308 e. The number of oxazole rings is 1. The third-order valence-corrected chi connectivity index (χ3v) is 6.87. The Balaban J connectivity index is 1.58.